The Balaban J connectivity index is 1.53. The standard InChI is InChI=1S/C29H31N5O/c30-18-21-7-3-8-22(17-21)28(27(23-9-4-14-31-19-23)24-10-5-15-32-20-24)33-29(35)26-13-6-16-34(26)25-11-1-2-12-25/h3-5,7-10,14-15,17,19-20,25-28H,1-2,6,11-13,16H2,(H,33,35)/t26-,28?/m0/s1. The van der Waals surface area contributed by atoms with Crippen LogP contribution in [0, 0.1) is 11.3 Å². The first-order chi connectivity index (χ1) is 17.2. The minimum Gasteiger partial charge on any atom is -0.347 e. The van der Waals surface area contributed by atoms with Crippen molar-refractivity contribution in [2.45, 2.75) is 62.6 Å². The first-order valence-corrected chi connectivity index (χ1v) is 12.6. The highest BCUT2D eigenvalue weighted by molar-refractivity contribution is 5.82. The molecular weight excluding hydrogens is 434 g/mol. The number of carbonyl (C=O) groups is 1. The zero-order chi connectivity index (χ0) is 24.0. The van der Waals surface area contributed by atoms with Gasteiger partial charge in [-0.2, -0.15) is 5.26 Å². The quantitative estimate of drug-likeness (QED) is 0.545. The van der Waals surface area contributed by atoms with Crippen molar-refractivity contribution < 1.29 is 4.79 Å². The minimum atomic E-state index is -0.366. The lowest BCUT2D eigenvalue weighted by Crippen LogP contribution is -2.48. The minimum absolute atomic E-state index is 0.0690. The number of nitrogens with one attached hydrogen (secondary N) is 1. The molecule has 6 nitrogen and oxygen atoms in total. The second-order valence-electron chi connectivity index (χ2n) is 9.61. The van der Waals surface area contributed by atoms with E-state index in [2.05, 4.69) is 26.3 Å². The van der Waals surface area contributed by atoms with Crippen LogP contribution in [0.5, 0.6) is 0 Å². The molecule has 0 bridgehead atoms. The molecule has 5 rings (SSSR count). The Morgan fingerprint density at radius 3 is 2.26 bits per heavy atom. The van der Waals surface area contributed by atoms with Crippen LogP contribution in [-0.4, -0.2) is 39.4 Å². The summed E-state index contributed by atoms with van der Waals surface area (Å²) in [4.78, 5) is 25.0. The lowest BCUT2D eigenvalue weighted by Gasteiger charge is -2.33. The van der Waals surface area contributed by atoms with Crippen LogP contribution >= 0.6 is 0 Å². The van der Waals surface area contributed by atoms with E-state index in [0.29, 0.717) is 11.6 Å². The molecule has 3 heterocycles. The highest BCUT2D eigenvalue weighted by Gasteiger charge is 2.38. The van der Waals surface area contributed by atoms with Gasteiger partial charge in [0.15, 0.2) is 0 Å². The van der Waals surface area contributed by atoms with Gasteiger partial charge >= 0.3 is 0 Å². The van der Waals surface area contributed by atoms with Gasteiger partial charge in [-0.3, -0.25) is 19.7 Å². The molecule has 1 saturated carbocycles. The number of rotatable bonds is 7. The van der Waals surface area contributed by atoms with E-state index in [-0.39, 0.29) is 23.9 Å². The van der Waals surface area contributed by atoms with E-state index < -0.39 is 0 Å². The van der Waals surface area contributed by atoms with Crippen LogP contribution in [0.2, 0.25) is 0 Å². The monoisotopic (exact) mass is 465 g/mol. The van der Waals surface area contributed by atoms with Gasteiger partial charge in [-0.15, -0.1) is 0 Å². The predicted molar refractivity (Wildman–Crippen MR) is 134 cm³/mol. The zero-order valence-electron chi connectivity index (χ0n) is 19.9. The molecule has 1 amide bonds. The maximum atomic E-state index is 13.9. The third kappa shape index (κ3) is 5.11. The molecule has 2 atom stereocenters. The summed E-state index contributed by atoms with van der Waals surface area (Å²) in [7, 11) is 0. The van der Waals surface area contributed by atoms with Gasteiger partial charge in [-0.25, -0.2) is 0 Å². The molecule has 2 aromatic heterocycles. The Kier molecular flexibility index (Phi) is 7.15. The molecule has 1 aliphatic heterocycles. The second kappa shape index (κ2) is 10.8. The molecule has 3 aromatic rings. The molecule has 0 radical (unpaired) electrons. The summed E-state index contributed by atoms with van der Waals surface area (Å²) in [5.74, 6) is -0.129. The van der Waals surface area contributed by atoms with Crippen molar-refractivity contribution in [1.82, 2.24) is 20.2 Å². The molecule has 1 unspecified atom stereocenters. The maximum absolute atomic E-state index is 13.9. The predicted octanol–water partition coefficient (Wildman–Crippen LogP) is 4.74. The fourth-order valence-corrected chi connectivity index (χ4v) is 5.85. The van der Waals surface area contributed by atoms with Crippen LogP contribution < -0.4 is 5.32 Å². The van der Waals surface area contributed by atoms with Gasteiger partial charge in [0.1, 0.15) is 0 Å². The van der Waals surface area contributed by atoms with Crippen molar-refractivity contribution >= 4 is 5.91 Å². The van der Waals surface area contributed by atoms with Crippen LogP contribution in [0.4, 0.5) is 0 Å². The number of likely N-dealkylation sites (tertiary alicyclic amines) is 1. The first-order valence-electron chi connectivity index (χ1n) is 12.6. The topological polar surface area (TPSA) is 81.9 Å². The number of hydrogen-bond acceptors (Lipinski definition) is 5. The normalized spacial score (nSPS) is 19.5. The van der Waals surface area contributed by atoms with E-state index in [1.54, 1.807) is 18.5 Å². The van der Waals surface area contributed by atoms with E-state index >= 15 is 0 Å². The van der Waals surface area contributed by atoms with Gasteiger partial charge < -0.3 is 5.32 Å². The molecule has 35 heavy (non-hydrogen) atoms. The zero-order valence-corrected chi connectivity index (χ0v) is 19.9. The lowest BCUT2D eigenvalue weighted by molar-refractivity contribution is -0.127. The molecule has 2 fully saturated rings. The van der Waals surface area contributed by atoms with Gasteiger partial charge in [-0.05, 0) is 73.2 Å². The Labute approximate surface area is 207 Å². The third-order valence-corrected chi connectivity index (χ3v) is 7.48. The summed E-state index contributed by atoms with van der Waals surface area (Å²) < 4.78 is 0. The molecular formula is C29H31N5O. The number of nitrogens with zero attached hydrogens (tertiary/aromatic N) is 4. The second-order valence-corrected chi connectivity index (χ2v) is 9.61. The molecule has 2 aliphatic rings. The molecule has 1 aromatic carbocycles. The van der Waals surface area contributed by atoms with Crippen molar-refractivity contribution in [3.63, 3.8) is 0 Å². The number of amides is 1. The molecule has 0 spiro atoms. The number of hydrogen-bond donors (Lipinski definition) is 1. The Bertz CT molecular complexity index is 1130. The molecule has 1 saturated heterocycles. The van der Waals surface area contributed by atoms with Crippen LogP contribution in [0.15, 0.2) is 73.3 Å². The number of nitriles is 1. The summed E-state index contributed by atoms with van der Waals surface area (Å²) >= 11 is 0. The van der Waals surface area contributed by atoms with Crippen LogP contribution in [0.3, 0.4) is 0 Å². The Morgan fingerprint density at radius 1 is 0.943 bits per heavy atom. The molecule has 6 heteroatoms. The van der Waals surface area contributed by atoms with Crippen molar-refractivity contribution in [2.24, 2.45) is 0 Å². The number of carbonyl (C=O) groups excluding carboxylic acids is 1. The Hall–Kier alpha value is -3.56. The van der Waals surface area contributed by atoms with Gasteiger partial charge in [-0.1, -0.05) is 37.1 Å². The van der Waals surface area contributed by atoms with Gasteiger partial charge in [0.2, 0.25) is 5.91 Å². The fraction of sp³-hybridized carbons (Fsp3) is 0.379. The average Bonchev–Trinajstić information content (AvgIpc) is 3.62. The number of aromatic nitrogens is 2. The van der Waals surface area contributed by atoms with E-state index in [4.69, 9.17) is 0 Å². The van der Waals surface area contributed by atoms with Crippen LogP contribution in [0.25, 0.3) is 0 Å². The lowest BCUT2D eigenvalue weighted by atomic mass is 9.82. The molecule has 1 N–H and O–H groups in total. The fourth-order valence-electron chi connectivity index (χ4n) is 5.85. The molecule has 178 valence electrons. The van der Waals surface area contributed by atoms with Crippen molar-refractivity contribution in [1.29, 1.82) is 5.26 Å². The third-order valence-electron chi connectivity index (χ3n) is 7.48. The van der Waals surface area contributed by atoms with Gasteiger partial charge in [0.25, 0.3) is 0 Å². The largest absolute Gasteiger partial charge is 0.347 e. The highest BCUT2D eigenvalue weighted by Crippen LogP contribution is 2.37. The average molecular weight is 466 g/mol. The summed E-state index contributed by atoms with van der Waals surface area (Å²) in [6.07, 6.45) is 14.0. The van der Waals surface area contributed by atoms with E-state index in [1.165, 1.54) is 25.7 Å². The van der Waals surface area contributed by atoms with Gasteiger partial charge in [0, 0.05) is 36.7 Å². The van der Waals surface area contributed by atoms with E-state index in [1.807, 2.05) is 54.9 Å². The van der Waals surface area contributed by atoms with E-state index in [9.17, 15) is 10.1 Å². The smallest absolute Gasteiger partial charge is 0.237 e. The van der Waals surface area contributed by atoms with Crippen LogP contribution in [0.1, 0.15) is 72.7 Å². The van der Waals surface area contributed by atoms with Crippen molar-refractivity contribution in [3.8, 4) is 6.07 Å². The van der Waals surface area contributed by atoms with Gasteiger partial charge in [0.05, 0.1) is 23.7 Å². The summed E-state index contributed by atoms with van der Waals surface area (Å²) in [5, 5.41) is 13.0. The summed E-state index contributed by atoms with van der Waals surface area (Å²) in [5.41, 5.74) is 3.46. The van der Waals surface area contributed by atoms with Crippen LogP contribution in [-0.2, 0) is 4.79 Å². The summed E-state index contributed by atoms with van der Waals surface area (Å²) in [6.45, 7) is 0.992. The van der Waals surface area contributed by atoms with E-state index in [0.717, 1.165) is 36.1 Å². The summed E-state index contributed by atoms with van der Waals surface area (Å²) in [6, 6.07) is 17.8. The van der Waals surface area contributed by atoms with Crippen molar-refractivity contribution in [2.75, 3.05) is 6.54 Å². The molecule has 1 aliphatic carbocycles. The maximum Gasteiger partial charge on any atom is 0.237 e. The SMILES string of the molecule is N#Cc1cccc(C(NC(=O)[C@@H]2CCCN2C2CCCC2)C(c2cccnc2)c2cccnc2)c1. The number of benzene rings is 1. The highest BCUT2D eigenvalue weighted by atomic mass is 16.2. The number of pyridine rings is 2. The van der Waals surface area contributed by atoms with Crippen molar-refractivity contribution in [3.05, 3.63) is 95.6 Å². The Morgan fingerprint density at radius 2 is 1.63 bits per heavy atom. The first kappa shape index (κ1) is 23.2.